The van der Waals surface area contributed by atoms with E-state index in [0.29, 0.717) is 6.42 Å². The molecule has 1 fully saturated rings. The molecule has 1 atom stereocenters. The van der Waals surface area contributed by atoms with Crippen molar-refractivity contribution in [1.29, 1.82) is 0 Å². The molecule has 0 aromatic heterocycles. The number of rotatable bonds is 5. The van der Waals surface area contributed by atoms with Crippen molar-refractivity contribution in [3.63, 3.8) is 0 Å². The van der Waals surface area contributed by atoms with Crippen LogP contribution >= 0.6 is 0 Å². The highest BCUT2D eigenvalue weighted by atomic mass is 16.5. The van der Waals surface area contributed by atoms with Crippen LogP contribution in [0, 0.1) is 0 Å². The molecule has 1 rings (SSSR count). The second-order valence-corrected chi connectivity index (χ2v) is 4.29. The number of hydrogen-bond acceptors (Lipinski definition) is 2. The molecule has 82 valence electrons. The summed E-state index contributed by atoms with van der Waals surface area (Å²) in [4.78, 5) is 11.6. The van der Waals surface area contributed by atoms with Crippen LogP contribution in [0.15, 0.2) is 0 Å². The van der Waals surface area contributed by atoms with E-state index in [9.17, 15) is 4.79 Å². The molecule has 0 aliphatic heterocycles. The largest absolute Gasteiger partial charge is 0.378 e. The second kappa shape index (κ2) is 4.78. The fraction of sp³-hybridized carbons (Fsp3) is 0.909. The summed E-state index contributed by atoms with van der Waals surface area (Å²) in [5, 5.41) is 2.97. The topological polar surface area (TPSA) is 38.3 Å². The third kappa shape index (κ3) is 2.71. The quantitative estimate of drug-likeness (QED) is 0.734. The Morgan fingerprint density at radius 1 is 1.57 bits per heavy atom. The summed E-state index contributed by atoms with van der Waals surface area (Å²) < 4.78 is 5.40. The molecule has 0 bridgehead atoms. The van der Waals surface area contributed by atoms with Crippen LogP contribution in [0.25, 0.3) is 0 Å². The molecule has 1 aliphatic carbocycles. The minimum absolute atomic E-state index is 0.126. The number of carbonyl (C=O) groups is 1. The van der Waals surface area contributed by atoms with E-state index >= 15 is 0 Å². The zero-order valence-corrected chi connectivity index (χ0v) is 9.43. The molecule has 3 heteroatoms. The first kappa shape index (κ1) is 11.5. The molecule has 0 heterocycles. The van der Waals surface area contributed by atoms with Crippen LogP contribution in [0.1, 0.15) is 46.0 Å². The fourth-order valence-corrected chi connectivity index (χ4v) is 1.74. The van der Waals surface area contributed by atoms with E-state index in [0.717, 1.165) is 19.3 Å². The molecular weight excluding hydrogens is 178 g/mol. The predicted molar refractivity (Wildman–Crippen MR) is 56.1 cm³/mol. The zero-order chi connectivity index (χ0) is 10.6. The van der Waals surface area contributed by atoms with Gasteiger partial charge in [-0.25, -0.2) is 0 Å². The lowest BCUT2D eigenvalue weighted by molar-refractivity contribution is -0.134. The van der Waals surface area contributed by atoms with Crippen molar-refractivity contribution in [2.24, 2.45) is 0 Å². The maximum absolute atomic E-state index is 11.6. The summed E-state index contributed by atoms with van der Waals surface area (Å²) in [7, 11) is 1.70. The normalized spacial score (nSPS) is 21.1. The van der Waals surface area contributed by atoms with E-state index in [4.69, 9.17) is 4.74 Å². The van der Waals surface area contributed by atoms with Crippen molar-refractivity contribution < 1.29 is 9.53 Å². The Morgan fingerprint density at radius 2 is 2.21 bits per heavy atom. The fourth-order valence-electron chi connectivity index (χ4n) is 1.74. The predicted octanol–water partition coefficient (Wildman–Crippen LogP) is 1.86. The molecule has 0 aromatic carbocycles. The molecule has 1 saturated carbocycles. The van der Waals surface area contributed by atoms with Gasteiger partial charge in [0.25, 0.3) is 0 Å². The Bertz CT molecular complexity index is 194. The number of amides is 1. The van der Waals surface area contributed by atoms with E-state index < -0.39 is 0 Å². The van der Waals surface area contributed by atoms with Gasteiger partial charge in [0.2, 0.25) is 5.91 Å². The molecule has 14 heavy (non-hydrogen) atoms. The molecule has 0 aromatic rings. The van der Waals surface area contributed by atoms with Gasteiger partial charge in [-0.2, -0.15) is 0 Å². The SMILES string of the molecule is CCC(C)NC(=O)CC1(OC)CCC1. The number of carbonyl (C=O) groups excluding carboxylic acids is 1. The molecule has 3 nitrogen and oxygen atoms in total. The summed E-state index contributed by atoms with van der Waals surface area (Å²) in [6.07, 6.45) is 4.73. The Kier molecular flexibility index (Phi) is 3.93. The van der Waals surface area contributed by atoms with E-state index in [-0.39, 0.29) is 17.6 Å². The Hall–Kier alpha value is -0.570. The van der Waals surface area contributed by atoms with Crippen molar-refractivity contribution in [2.45, 2.75) is 57.6 Å². The number of ether oxygens (including phenoxy) is 1. The van der Waals surface area contributed by atoms with Crippen LogP contribution in [-0.2, 0) is 9.53 Å². The molecular formula is C11H21NO2. The molecule has 1 amide bonds. The smallest absolute Gasteiger partial charge is 0.223 e. The van der Waals surface area contributed by atoms with Gasteiger partial charge in [0.15, 0.2) is 0 Å². The van der Waals surface area contributed by atoms with Crippen LogP contribution in [0.5, 0.6) is 0 Å². The third-order valence-corrected chi connectivity index (χ3v) is 3.20. The lowest BCUT2D eigenvalue weighted by Crippen LogP contribution is -2.45. The van der Waals surface area contributed by atoms with Crippen LogP contribution in [0.4, 0.5) is 0 Å². The number of hydrogen-bond donors (Lipinski definition) is 1. The monoisotopic (exact) mass is 199 g/mol. The van der Waals surface area contributed by atoms with Crippen molar-refractivity contribution >= 4 is 5.91 Å². The number of methoxy groups -OCH3 is 1. The van der Waals surface area contributed by atoms with E-state index in [1.54, 1.807) is 7.11 Å². The summed E-state index contributed by atoms with van der Waals surface area (Å²) in [5.41, 5.74) is -0.141. The van der Waals surface area contributed by atoms with Crippen LogP contribution in [0.3, 0.4) is 0 Å². The summed E-state index contributed by atoms with van der Waals surface area (Å²) in [5.74, 6) is 0.126. The third-order valence-electron chi connectivity index (χ3n) is 3.20. The molecule has 0 saturated heterocycles. The van der Waals surface area contributed by atoms with Crippen molar-refractivity contribution in [3.8, 4) is 0 Å². The first-order valence-electron chi connectivity index (χ1n) is 5.46. The van der Waals surface area contributed by atoms with Gasteiger partial charge in [-0.15, -0.1) is 0 Å². The first-order valence-corrected chi connectivity index (χ1v) is 5.46. The average Bonchev–Trinajstić information content (AvgIpc) is 2.11. The van der Waals surface area contributed by atoms with Gasteiger partial charge in [0.05, 0.1) is 12.0 Å². The minimum Gasteiger partial charge on any atom is -0.378 e. The molecule has 1 unspecified atom stereocenters. The van der Waals surface area contributed by atoms with Gasteiger partial charge < -0.3 is 10.1 Å². The van der Waals surface area contributed by atoms with Crippen LogP contribution in [-0.4, -0.2) is 24.7 Å². The van der Waals surface area contributed by atoms with Crippen molar-refractivity contribution in [2.75, 3.05) is 7.11 Å². The van der Waals surface area contributed by atoms with E-state index in [1.807, 2.05) is 6.92 Å². The summed E-state index contributed by atoms with van der Waals surface area (Å²) >= 11 is 0. The molecule has 1 aliphatic rings. The van der Waals surface area contributed by atoms with Gasteiger partial charge >= 0.3 is 0 Å². The second-order valence-electron chi connectivity index (χ2n) is 4.29. The van der Waals surface area contributed by atoms with Gasteiger partial charge in [-0.05, 0) is 32.6 Å². The number of nitrogens with one attached hydrogen (secondary N) is 1. The lowest BCUT2D eigenvalue weighted by atomic mass is 9.77. The molecule has 1 N–H and O–H groups in total. The van der Waals surface area contributed by atoms with Gasteiger partial charge in [0, 0.05) is 13.2 Å². The Morgan fingerprint density at radius 3 is 2.57 bits per heavy atom. The summed E-state index contributed by atoms with van der Waals surface area (Å²) in [6.45, 7) is 4.10. The maximum atomic E-state index is 11.6. The van der Waals surface area contributed by atoms with Gasteiger partial charge in [0.1, 0.15) is 0 Å². The maximum Gasteiger partial charge on any atom is 0.223 e. The van der Waals surface area contributed by atoms with Gasteiger partial charge in [-0.1, -0.05) is 6.92 Å². The van der Waals surface area contributed by atoms with Crippen LogP contribution < -0.4 is 5.32 Å². The molecule has 0 spiro atoms. The van der Waals surface area contributed by atoms with E-state index in [2.05, 4.69) is 12.2 Å². The highest BCUT2D eigenvalue weighted by molar-refractivity contribution is 5.77. The standard InChI is InChI=1S/C11H21NO2/c1-4-9(2)12-10(13)8-11(14-3)6-5-7-11/h9H,4-8H2,1-3H3,(H,12,13). The summed E-state index contributed by atoms with van der Waals surface area (Å²) in [6, 6.07) is 0.275. The highest BCUT2D eigenvalue weighted by Gasteiger charge is 2.38. The van der Waals surface area contributed by atoms with Gasteiger partial charge in [-0.3, -0.25) is 4.79 Å². The molecule has 0 radical (unpaired) electrons. The first-order chi connectivity index (χ1) is 6.62. The van der Waals surface area contributed by atoms with Crippen LogP contribution in [0.2, 0.25) is 0 Å². The van der Waals surface area contributed by atoms with Crippen molar-refractivity contribution in [3.05, 3.63) is 0 Å². The highest BCUT2D eigenvalue weighted by Crippen LogP contribution is 2.37. The minimum atomic E-state index is -0.141. The lowest BCUT2D eigenvalue weighted by Gasteiger charge is -2.40. The Balaban J connectivity index is 2.32. The van der Waals surface area contributed by atoms with Crippen molar-refractivity contribution in [1.82, 2.24) is 5.32 Å². The Labute approximate surface area is 86.2 Å². The van der Waals surface area contributed by atoms with E-state index in [1.165, 1.54) is 6.42 Å². The average molecular weight is 199 g/mol. The zero-order valence-electron chi connectivity index (χ0n) is 9.43.